The van der Waals surface area contributed by atoms with Gasteiger partial charge in [0.15, 0.2) is 0 Å². The predicted molar refractivity (Wildman–Crippen MR) is 90.6 cm³/mol. The summed E-state index contributed by atoms with van der Waals surface area (Å²) in [5.74, 6) is 0.540. The molecule has 1 heteroatoms. The number of hydrogen-bond donors (Lipinski definition) is 1. The van der Waals surface area contributed by atoms with Gasteiger partial charge >= 0.3 is 0 Å². The Morgan fingerprint density at radius 2 is 1.81 bits per heavy atom. The lowest BCUT2D eigenvalue weighted by Gasteiger charge is -2.27. The Kier molecular flexibility index (Phi) is 3.86. The van der Waals surface area contributed by atoms with Gasteiger partial charge in [0, 0.05) is 5.54 Å². The first-order valence-corrected chi connectivity index (χ1v) is 8.05. The molecule has 0 aliphatic carbocycles. The van der Waals surface area contributed by atoms with Gasteiger partial charge in [-0.2, -0.15) is 0 Å². The highest BCUT2D eigenvalue weighted by molar-refractivity contribution is 5.69. The van der Waals surface area contributed by atoms with Gasteiger partial charge in [0.05, 0.1) is 0 Å². The highest BCUT2D eigenvalue weighted by Gasteiger charge is 2.30. The minimum Gasteiger partial charge on any atom is -0.308 e. The van der Waals surface area contributed by atoms with Gasteiger partial charge in [-0.3, -0.25) is 0 Å². The number of benzene rings is 2. The van der Waals surface area contributed by atoms with E-state index in [0.29, 0.717) is 5.92 Å². The second-order valence-electron chi connectivity index (χ2n) is 6.69. The van der Waals surface area contributed by atoms with Gasteiger partial charge in [0.25, 0.3) is 0 Å². The molecule has 1 fully saturated rings. The van der Waals surface area contributed by atoms with Crippen LogP contribution < -0.4 is 5.32 Å². The van der Waals surface area contributed by atoms with Crippen LogP contribution in [0.2, 0.25) is 0 Å². The average molecular weight is 279 g/mol. The van der Waals surface area contributed by atoms with Crippen LogP contribution >= 0.6 is 0 Å². The van der Waals surface area contributed by atoms with E-state index in [9.17, 15) is 0 Å². The Labute approximate surface area is 128 Å². The van der Waals surface area contributed by atoms with E-state index in [4.69, 9.17) is 0 Å². The zero-order valence-corrected chi connectivity index (χ0v) is 13.3. The van der Waals surface area contributed by atoms with E-state index in [0.717, 1.165) is 6.54 Å². The molecular weight excluding hydrogens is 254 g/mol. The summed E-state index contributed by atoms with van der Waals surface area (Å²) < 4.78 is 0. The first-order valence-electron chi connectivity index (χ1n) is 8.05. The fourth-order valence-electron chi connectivity index (χ4n) is 3.41. The molecule has 0 spiro atoms. The van der Waals surface area contributed by atoms with E-state index in [1.165, 1.54) is 35.1 Å². The molecule has 0 amide bonds. The molecule has 1 unspecified atom stereocenters. The van der Waals surface area contributed by atoms with E-state index in [-0.39, 0.29) is 5.54 Å². The minimum atomic E-state index is 0.138. The van der Waals surface area contributed by atoms with Gasteiger partial charge in [-0.25, -0.2) is 0 Å². The fourth-order valence-corrected chi connectivity index (χ4v) is 3.41. The van der Waals surface area contributed by atoms with Crippen LogP contribution in [-0.4, -0.2) is 6.54 Å². The maximum absolute atomic E-state index is 3.68. The van der Waals surface area contributed by atoms with Crippen LogP contribution in [0.25, 0.3) is 11.1 Å². The average Bonchev–Trinajstić information content (AvgIpc) is 2.95. The molecule has 1 N–H and O–H groups in total. The van der Waals surface area contributed by atoms with E-state index >= 15 is 0 Å². The van der Waals surface area contributed by atoms with Gasteiger partial charge in [0.1, 0.15) is 0 Å². The molecule has 1 heterocycles. The molecular formula is C20H25N. The minimum absolute atomic E-state index is 0.138. The molecule has 1 saturated heterocycles. The van der Waals surface area contributed by atoms with Crippen LogP contribution in [-0.2, 0) is 5.54 Å². The van der Waals surface area contributed by atoms with Crippen molar-refractivity contribution in [2.24, 2.45) is 0 Å². The zero-order valence-electron chi connectivity index (χ0n) is 13.3. The molecule has 0 saturated carbocycles. The van der Waals surface area contributed by atoms with Crippen LogP contribution in [0.3, 0.4) is 0 Å². The lowest BCUT2D eigenvalue weighted by Crippen LogP contribution is -2.33. The Balaban J connectivity index is 2.11. The summed E-state index contributed by atoms with van der Waals surface area (Å²) in [6.45, 7) is 8.01. The lowest BCUT2D eigenvalue weighted by molar-refractivity contribution is 0.435. The molecule has 3 rings (SSSR count). The van der Waals surface area contributed by atoms with Crippen LogP contribution in [0.15, 0.2) is 48.5 Å². The standard InChI is InChI=1S/C20H25N/c1-15(2)18-11-10-17(20(3)12-7-13-21-20)14-19(18)16-8-5-4-6-9-16/h4-6,8-11,14-15,21H,7,12-13H2,1-3H3. The van der Waals surface area contributed by atoms with Crippen LogP contribution in [0, 0.1) is 0 Å². The summed E-state index contributed by atoms with van der Waals surface area (Å²) in [6, 6.07) is 17.8. The molecule has 2 aromatic carbocycles. The SMILES string of the molecule is CC(C)c1ccc(C2(C)CCCN2)cc1-c1ccccc1. The normalized spacial score (nSPS) is 21.9. The van der Waals surface area contributed by atoms with Crippen molar-refractivity contribution < 1.29 is 0 Å². The Hall–Kier alpha value is -1.60. The maximum Gasteiger partial charge on any atom is 0.0406 e. The third-order valence-corrected chi connectivity index (χ3v) is 4.77. The third kappa shape index (κ3) is 2.75. The van der Waals surface area contributed by atoms with Crippen molar-refractivity contribution in [1.29, 1.82) is 0 Å². The van der Waals surface area contributed by atoms with Gasteiger partial charge in [-0.1, -0.05) is 56.3 Å². The van der Waals surface area contributed by atoms with Gasteiger partial charge in [0.2, 0.25) is 0 Å². The largest absolute Gasteiger partial charge is 0.308 e. The highest BCUT2D eigenvalue weighted by atomic mass is 15.0. The van der Waals surface area contributed by atoms with Crippen molar-refractivity contribution in [3.63, 3.8) is 0 Å². The number of rotatable bonds is 3. The molecule has 2 aromatic rings. The molecule has 1 aliphatic heterocycles. The summed E-state index contributed by atoms with van der Waals surface area (Å²) in [6.07, 6.45) is 2.49. The van der Waals surface area contributed by atoms with Crippen molar-refractivity contribution >= 4 is 0 Å². The highest BCUT2D eigenvalue weighted by Crippen LogP contribution is 2.36. The number of hydrogen-bond acceptors (Lipinski definition) is 1. The summed E-state index contributed by atoms with van der Waals surface area (Å²) >= 11 is 0. The van der Waals surface area contributed by atoms with E-state index < -0.39 is 0 Å². The number of nitrogens with one attached hydrogen (secondary N) is 1. The monoisotopic (exact) mass is 279 g/mol. The van der Waals surface area contributed by atoms with E-state index in [2.05, 4.69) is 74.6 Å². The molecule has 110 valence electrons. The Morgan fingerprint density at radius 3 is 2.43 bits per heavy atom. The van der Waals surface area contributed by atoms with E-state index in [1.807, 2.05) is 0 Å². The first kappa shape index (κ1) is 14.3. The molecule has 1 aliphatic rings. The van der Waals surface area contributed by atoms with Crippen molar-refractivity contribution in [1.82, 2.24) is 5.32 Å². The summed E-state index contributed by atoms with van der Waals surface area (Å²) in [4.78, 5) is 0. The lowest BCUT2D eigenvalue weighted by atomic mass is 9.84. The van der Waals surface area contributed by atoms with Gasteiger partial charge in [-0.05, 0) is 60.5 Å². The molecule has 1 nitrogen and oxygen atoms in total. The topological polar surface area (TPSA) is 12.0 Å². The van der Waals surface area contributed by atoms with Crippen molar-refractivity contribution in [2.45, 2.75) is 45.1 Å². The second kappa shape index (κ2) is 5.65. The zero-order chi connectivity index (χ0) is 14.9. The van der Waals surface area contributed by atoms with Crippen LogP contribution in [0.5, 0.6) is 0 Å². The second-order valence-corrected chi connectivity index (χ2v) is 6.69. The maximum atomic E-state index is 3.68. The fraction of sp³-hybridized carbons (Fsp3) is 0.400. The third-order valence-electron chi connectivity index (χ3n) is 4.77. The van der Waals surface area contributed by atoms with E-state index in [1.54, 1.807) is 0 Å². The molecule has 0 bridgehead atoms. The van der Waals surface area contributed by atoms with Crippen molar-refractivity contribution in [3.05, 3.63) is 59.7 Å². The molecule has 0 aromatic heterocycles. The molecule has 0 radical (unpaired) electrons. The van der Waals surface area contributed by atoms with Crippen molar-refractivity contribution in [2.75, 3.05) is 6.54 Å². The van der Waals surface area contributed by atoms with Crippen molar-refractivity contribution in [3.8, 4) is 11.1 Å². The summed E-state index contributed by atoms with van der Waals surface area (Å²) in [7, 11) is 0. The van der Waals surface area contributed by atoms with Gasteiger partial charge in [-0.15, -0.1) is 0 Å². The Morgan fingerprint density at radius 1 is 1.05 bits per heavy atom. The summed E-state index contributed by atoms with van der Waals surface area (Å²) in [5.41, 5.74) is 5.71. The Bertz CT molecular complexity index is 607. The smallest absolute Gasteiger partial charge is 0.0406 e. The van der Waals surface area contributed by atoms with Crippen LogP contribution in [0.4, 0.5) is 0 Å². The van der Waals surface area contributed by atoms with Crippen LogP contribution in [0.1, 0.15) is 50.7 Å². The molecule has 21 heavy (non-hydrogen) atoms. The van der Waals surface area contributed by atoms with Gasteiger partial charge < -0.3 is 5.32 Å². The predicted octanol–water partition coefficient (Wildman–Crippen LogP) is 5.08. The molecule has 1 atom stereocenters. The summed E-state index contributed by atoms with van der Waals surface area (Å²) in [5, 5.41) is 3.68. The first-order chi connectivity index (χ1) is 10.1. The quantitative estimate of drug-likeness (QED) is 0.826.